The Morgan fingerprint density at radius 2 is 2.30 bits per heavy atom. The molecule has 2 rings (SSSR count). The molecule has 1 aromatic carbocycles. The average molecular weight is 314 g/mol. The molecule has 4 nitrogen and oxygen atoms in total. The van der Waals surface area contributed by atoms with Crippen LogP contribution in [-0.4, -0.2) is 37.9 Å². The lowest BCUT2D eigenvalue weighted by Crippen LogP contribution is -2.11. The van der Waals surface area contributed by atoms with Crippen LogP contribution < -0.4 is 0 Å². The standard InChI is InChI=1S/C13H15FN2O2S2/c1-8(19-2)6-16-11-5-9(14)3-4-10(11)15-13(16)20-7-12(17)18/h3-5,8H,6-7H2,1-2H3,(H,17,18). The van der Waals surface area contributed by atoms with E-state index in [9.17, 15) is 9.18 Å². The zero-order valence-electron chi connectivity index (χ0n) is 11.2. The van der Waals surface area contributed by atoms with Gasteiger partial charge in [0.1, 0.15) is 5.82 Å². The number of aromatic nitrogens is 2. The molecule has 108 valence electrons. The van der Waals surface area contributed by atoms with E-state index in [-0.39, 0.29) is 11.6 Å². The van der Waals surface area contributed by atoms with Crippen LogP contribution in [0.1, 0.15) is 6.92 Å². The zero-order valence-corrected chi connectivity index (χ0v) is 12.8. The summed E-state index contributed by atoms with van der Waals surface area (Å²) in [7, 11) is 0. The van der Waals surface area contributed by atoms with E-state index in [2.05, 4.69) is 11.9 Å². The predicted octanol–water partition coefficient (Wildman–Crippen LogP) is 3.10. The molecule has 0 saturated heterocycles. The molecule has 20 heavy (non-hydrogen) atoms. The second-order valence-corrected chi connectivity index (χ2v) is 6.59. The Morgan fingerprint density at radius 3 is 2.95 bits per heavy atom. The fourth-order valence-electron chi connectivity index (χ4n) is 1.82. The molecule has 0 bridgehead atoms. The molecule has 0 fully saturated rings. The van der Waals surface area contributed by atoms with Crippen LogP contribution in [0.15, 0.2) is 23.4 Å². The first kappa shape index (κ1) is 15.2. The van der Waals surface area contributed by atoms with E-state index in [1.54, 1.807) is 17.8 Å². The fraction of sp³-hybridized carbons (Fsp3) is 0.385. The van der Waals surface area contributed by atoms with Gasteiger partial charge < -0.3 is 9.67 Å². The molecule has 0 amide bonds. The van der Waals surface area contributed by atoms with Gasteiger partial charge in [0.05, 0.1) is 16.8 Å². The highest BCUT2D eigenvalue weighted by molar-refractivity contribution is 7.99. The average Bonchev–Trinajstić information content (AvgIpc) is 2.74. The molecule has 1 atom stereocenters. The molecule has 1 heterocycles. The van der Waals surface area contributed by atoms with Crippen LogP contribution in [0.4, 0.5) is 4.39 Å². The molecular weight excluding hydrogens is 299 g/mol. The summed E-state index contributed by atoms with van der Waals surface area (Å²) in [5.74, 6) is -1.26. The van der Waals surface area contributed by atoms with Gasteiger partial charge in [0.25, 0.3) is 0 Å². The maximum Gasteiger partial charge on any atom is 0.313 e. The molecule has 7 heteroatoms. The van der Waals surface area contributed by atoms with Crippen molar-refractivity contribution in [2.45, 2.75) is 23.9 Å². The van der Waals surface area contributed by atoms with Crippen molar-refractivity contribution >= 4 is 40.5 Å². The Bertz CT molecular complexity index is 630. The third kappa shape index (κ3) is 3.46. The zero-order chi connectivity index (χ0) is 14.7. The number of halogens is 1. The molecule has 1 unspecified atom stereocenters. The highest BCUT2D eigenvalue weighted by Gasteiger charge is 2.15. The van der Waals surface area contributed by atoms with Gasteiger partial charge in [0.2, 0.25) is 0 Å². The van der Waals surface area contributed by atoms with Gasteiger partial charge in [0.15, 0.2) is 5.16 Å². The minimum atomic E-state index is -0.891. The van der Waals surface area contributed by atoms with Gasteiger partial charge >= 0.3 is 5.97 Å². The number of thioether (sulfide) groups is 2. The number of hydrogen-bond acceptors (Lipinski definition) is 4. The summed E-state index contributed by atoms with van der Waals surface area (Å²) in [6, 6.07) is 4.43. The number of aliphatic carboxylic acids is 1. The second kappa shape index (κ2) is 6.49. The van der Waals surface area contributed by atoms with E-state index in [0.29, 0.717) is 28.0 Å². The number of benzene rings is 1. The van der Waals surface area contributed by atoms with Crippen molar-refractivity contribution in [1.82, 2.24) is 9.55 Å². The number of carboxylic acid groups (broad SMARTS) is 1. The van der Waals surface area contributed by atoms with Gasteiger partial charge in [-0.25, -0.2) is 9.37 Å². The van der Waals surface area contributed by atoms with E-state index in [1.807, 2.05) is 10.8 Å². The third-order valence-corrected chi connectivity index (χ3v) is 4.76. The SMILES string of the molecule is CSC(C)Cn1c(SCC(=O)O)nc2ccc(F)cc21. The van der Waals surface area contributed by atoms with E-state index in [1.165, 1.54) is 12.1 Å². The highest BCUT2D eigenvalue weighted by Crippen LogP contribution is 2.26. The highest BCUT2D eigenvalue weighted by atomic mass is 32.2. The Kier molecular flexibility index (Phi) is 4.93. The normalized spacial score (nSPS) is 12.8. The third-order valence-electron chi connectivity index (χ3n) is 2.84. The van der Waals surface area contributed by atoms with Crippen LogP contribution in [0, 0.1) is 5.82 Å². The number of carbonyl (C=O) groups is 1. The topological polar surface area (TPSA) is 55.1 Å². The Labute approximate surface area is 124 Å². The summed E-state index contributed by atoms with van der Waals surface area (Å²) >= 11 is 2.86. The van der Waals surface area contributed by atoms with Crippen LogP contribution in [0.3, 0.4) is 0 Å². The van der Waals surface area contributed by atoms with Crippen LogP contribution in [-0.2, 0) is 11.3 Å². The van der Waals surface area contributed by atoms with Crippen molar-refractivity contribution in [2.24, 2.45) is 0 Å². The minimum Gasteiger partial charge on any atom is -0.481 e. The van der Waals surface area contributed by atoms with E-state index in [0.717, 1.165) is 11.8 Å². The summed E-state index contributed by atoms with van der Waals surface area (Å²) in [4.78, 5) is 15.1. The molecule has 0 aliphatic heterocycles. The molecule has 0 radical (unpaired) electrons. The number of fused-ring (bicyclic) bond motifs is 1. The van der Waals surface area contributed by atoms with Gasteiger partial charge in [0, 0.05) is 11.8 Å². The van der Waals surface area contributed by atoms with E-state index < -0.39 is 5.97 Å². The minimum absolute atomic E-state index is 0.0561. The maximum absolute atomic E-state index is 13.4. The lowest BCUT2D eigenvalue weighted by atomic mass is 10.3. The van der Waals surface area contributed by atoms with Gasteiger partial charge in [-0.2, -0.15) is 11.8 Å². The molecule has 2 aromatic rings. The fourth-order valence-corrected chi connectivity index (χ4v) is 2.86. The molecule has 1 aromatic heterocycles. The number of rotatable bonds is 6. The van der Waals surface area contributed by atoms with Gasteiger partial charge in [-0.15, -0.1) is 0 Å². The molecular formula is C13H15FN2O2S2. The van der Waals surface area contributed by atoms with Gasteiger partial charge in [-0.05, 0) is 24.5 Å². The van der Waals surface area contributed by atoms with Gasteiger partial charge in [-0.1, -0.05) is 18.7 Å². The first-order valence-electron chi connectivity index (χ1n) is 6.04. The Hall–Kier alpha value is -1.21. The van der Waals surface area contributed by atoms with Crippen LogP contribution in [0.25, 0.3) is 11.0 Å². The number of imidazole rings is 1. The van der Waals surface area contributed by atoms with Crippen molar-refractivity contribution in [1.29, 1.82) is 0 Å². The van der Waals surface area contributed by atoms with Crippen molar-refractivity contribution in [3.05, 3.63) is 24.0 Å². The molecule has 1 N–H and O–H groups in total. The van der Waals surface area contributed by atoms with E-state index in [4.69, 9.17) is 5.11 Å². The smallest absolute Gasteiger partial charge is 0.313 e. The largest absolute Gasteiger partial charge is 0.481 e. The maximum atomic E-state index is 13.4. The van der Waals surface area contributed by atoms with Crippen molar-refractivity contribution in [3.8, 4) is 0 Å². The van der Waals surface area contributed by atoms with Crippen LogP contribution >= 0.6 is 23.5 Å². The van der Waals surface area contributed by atoms with E-state index >= 15 is 0 Å². The van der Waals surface area contributed by atoms with Gasteiger partial charge in [-0.3, -0.25) is 4.79 Å². The number of nitrogens with zero attached hydrogens (tertiary/aromatic N) is 2. The summed E-state index contributed by atoms with van der Waals surface area (Å²) in [5.41, 5.74) is 1.39. The van der Waals surface area contributed by atoms with Crippen molar-refractivity contribution in [3.63, 3.8) is 0 Å². The molecule has 0 saturated carbocycles. The van der Waals surface area contributed by atoms with Crippen molar-refractivity contribution in [2.75, 3.05) is 12.0 Å². The Morgan fingerprint density at radius 1 is 1.55 bits per heavy atom. The van der Waals surface area contributed by atoms with Crippen molar-refractivity contribution < 1.29 is 14.3 Å². The molecule has 0 aliphatic carbocycles. The monoisotopic (exact) mass is 314 g/mol. The second-order valence-electron chi connectivity index (χ2n) is 4.37. The molecule has 0 aliphatic rings. The summed E-state index contributed by atoms with van der Waals surface area (Å²) in [6.45, 7) is 2.74. The predicted molar refractivity (Wildman–Crippen MR) is 81.0 cm³/mol. The van der Waals surface area contributed by atoms with Crippen LogP contribution in [0.5, 0.6) is 0 Å². The Balaban J connectivity index is 2.42. The first-order valence-corrected chi connectivity index (χ1v) is 8.31. The number of hydrogen-bond donors (Lipinski definition) is 1. The summed E-state index contributed by atoms with van der Waals surface area (Å²) in [6.07, 6.45) is 2.01. The lowest BCUT2D eigenvalue weighted by Gasteiger charge is -2.12. The summed E-state index contributed by atoms with van der Waals surface area (Å²) < 4.78 is 15.3. The summed E-state index contributed by atoms with van der Waals surface area (Å²) in [5, 5.41) is 9.74. The quantitative estimate of drug-likeness (QED) is 0.830. The first-order chi connectivity index (χ1) is 9.51. The lowest BCUT2D eigenvalue weighted by molar-refractivity contribution is -0.133. The number of carboxylic acids is 1. The van der Waals surface area contributed by atoms with Crippen LogP contribution in [0.2, 0.25) is 0 Å². The molecule has 0 spiro atoms.